The largest absolute Gasteiger partial charge is 0.491 e. The quantitative estimate of drug-likeness (QED) is 0.790. The third-order valence-corrected chi connectivity index (χ3v) is 3.31. The van der Waals surface area contributed by atoms with Crippen LogP contribution in [0.25, 0.3) is 0 Å². The van der Waals surface area contributed by atoms with Gasteiger partial charge in [0, 0.05) is 39.3 Å². The maximum Gasteiger partial charge on any atom is 0.119 e. The molecule has 1 fully saturated rings. The Morgan fingerprint density at radius 1 is 1.37 bits per heavy atom. The molecule has 0 radical (unpaired) electrons. The highest BCUT2D eigenvalue weighted by Crippen LogP contribution is 2.15. The standard InChI is InChI=1S/C15H24N2O2/c1-13-11-17(7-6-16-13)12-14-4-3-5-15(10-14)19-9-8-18-2/h3-5,10,13,16H,6-9,11-12H2,1-2H3/t13-/m1/s1. The zero-order valence-corrected chi connectivity index (χ0v) is 11.9. The maximum absolute atomic E-state index is 5.64. The summed E-state index contributed by atoms with van der Waals surface area (Å²) in [6.45, 7) is 7.74. The molecule has 1 heterocycles. The molecule has 1 aromatic rings. The third-order valence-electron chi connectivity index (χ3n) is 3.31. The summed E-state index contributed by atoms with van der Waals surface area (Å²) in [7, 11) is 1.69. The predicted molar refractivity (Wildman–Crippen MR) is 76.6 cm³/mol. The van der Waals surface area contributed by atoms with E-state index in [9.17, 15) is 0 Å². The molecule has 4 nitrogen and oxygen atoms in total. The highest BCUT2D eigenvalue weighted by atomic mass is 16.5. The lowest BCUT2D eigenvalue weighted by atomic mass is 10.1. The van der Waals surface area contributed by atoms with Gasteiger partial charge in [0.15, 0.2) is 0 Å². The molecule has 19 heavy (non-hydrogen) atoms. The van der Waals surface area contributed by atoms with E-state index in [1.165, 1.54) is 5.56 Å². The lowest BCUT2D eigenvalue weighted by molar-refractivity contribution is 0.146. The molecular formula is C15H24N2O2. The van der Waals surface area contributed by atoms with E-state index in [0.717, 1.165) is 31.9 Å². The first-order valence-electron chi connectivity index (χ1n) is 6.94. The second-order valence-electron chi connectivity index (χ2n) is 5.08. The van der Waals surface area contributed by atoms with Crippen molar-refractivity contribution < 1.29 is 9.47 Å². The van der Waals surface area contributed by atoms with Crippen molar-refractivity contribution >= 4 is 0 Å². The van der Waals surface area contributed by atoms with Gasteiger partial charge in [0.05, 0.1) is 6.61 Å². The Kier molecular flexibility index (Phi) is 5.63. The van der Waals surface area contributed by atoms with Gasteiger partial charge in [-0.1, -0.05) is 12.1 Å². The van der Waals surface area contributed by atoms with Crippen LogP contribution in [0.15, 0.2) is 24.3 Å². The zero-order chi connectivity index (χ0) is 13.5. The number of methoxy groups -OCH3 is 1. The topological polar surface area (TPSA) is 33.7 Å². The van der Waals surface area contributed by atoms with Gasteiger partial charge in [-0.3, -0.25) is 4.90 Å². The van der Waals surface area contributed by atoms with Crippen LogP contribution in [0.5, 0.6) is 5.75 Å². The van der Waals surface area contributed by atoms with Crippen LogP contribution < -0.4 is 10.1 Å². The summed E-state index contributed by atoms with van der Waals surface area (Å²) in [5, 5.41) is 3.46. The molecule has 0 spiro atoms. The highest BCUT2D eigenvalue weighted by Gasteiger charge is 2.15. The van der Waals surface area contributed by atoms with Crippen LogP contribution in [-0.2, 0) is 11.3 Å². The minimum absolute atomic E-state index is 0.579. The Morgan fingerprint density at radius 2 is 2.26 bits per heavy atom. The van der Waals surface area contributed by atoms with Gasteiger partial charge in [0.1, 0.15) is 12.4 Å². The summed E-state index contributed by atoms with van der Waals surface area (Å²) in [6, 6.07) is 8.93. The molecule has 0 aliphatic carbocycles. The number of hydrogen-bond acceptors (Lipinski definition) is 4. The van der Waals surface area contributed by atoms with Gasteiger partial charge >= 0.3 is 0 Å². The first kappa shape index (κ1) is 14.3. The van der Waals surface area contributed by atoms with E-state index in [1.54, 1.807) is 7.11 Å². The monoisotopic (exact) mass is 264 g/mol. The summed E-state index contributed by atoms with van der Waals surface area (Å²) in [4.78, 5) is 2.48. The SMILES string of the molecule is COCCOc1cccc(CN2CCN[C@H](C)C2)c1. The summed E-state index contributed by atoms with van der Waals surface area (Å²) < 4.78 is 10.6. The molecule has 106 valence electrons. The van der Waals surface area contributed by atoms with Crippen LogP contribution >= 0.6 is 0 Å². The molecule has 0 unspecified atom stereocenters. The molecule has 0 saturated carbocycles. The van der Waals surface area contributed by atoms with Gasteiger partial charge < -0.3 is 14.8 Å². The molecule has 2 rings (SSSR count). The van der Waals surface area contributed by atoms with Crippen molar-refractivity contribution in [2.75, 3.05) is 40.0 Å². The fourth-order valence-corrected chi connectivity index (χ4v) is 2.39. The lowest BCUT2D eigenvalue weighted by Crippen LogP contribution is -2.48. The van der Waals surface area contributed by atoms with Crippen molar-refractivity contribution in [2.45, 2.75) is 19.5 Å². The molecule has 4 heteroatoms. The van der Waals surface area contributed by atoms with Crippen molar-refractivity contribution in [3.63, 3.8) is 0 Å². The number of nitrogens with one attached hydrogen (secondary N) is 1. The Bertz CT molecular complexity index is 384. The van der Waals surface area contributed by atoms with Crippen molar-refractivity contribution in [3.05, 3.63) is 29.8 Å². The Morgan fingerprint density at radius 3 is 3.05 bits per heavy atom. The van der Waals surface area contributed by atoms with E-state index in [2.05, 4.69) is 35.3 Å². The van der Waals surface area contributed by atoms with Crippen molar-refractivity contribution in [3.8, 4) is 5.75 Å². The third kappa shape index (κ3) is 4.82. The summed E-state index contributed by atoms with van der Waals surface area (Å²) in [6.07, 6.45) is 0. The molecule has 1 aliphatic heterocycles. The summed E-state index contributed by atoms with van der Waals surface area (Å²) in [5.74, 6) is 0.928. The van der Waals surface area contributed by atoms with E-state index >= 15 is 0 Å². The Hall–Kier alpha value is -1.10. The molecule has 1 N–H and O–H groups in total. The van der Waals surface area contributed by atoms with Crippen molar-refractivity contribution in [2.24, 2.45) is 0 Å². The number of hydrogen-bond donors (Lipinski definition) is 1. The average molecular weight is 264 g/mol. The van der Waals surface area contributed by atoms with E-state index in [1.807, 2.05) is 6.07 Å². The average Bonchev–Trinajstić information content (AvgIpc) is 2.39. The van der Waals surface area contributed by atoms with Crippen LogP contribution in [0.3, 0.4) is 0 Å². The molecule has 0 amide bonds. The number of benzene rings is 1. The van der Waals surface area contributed by atoms with Gasteiger partial charge in [0.25, 0.3) is 0 Å². The van der Waals surface area contributed by atoms with E-state index in [4.69, 9.17) is 9.47 Å². The number of nitrogens with zero attached hydrogens (tertiary/aromatic N) is 1. The lowest BCUT2D eigenvalue weighted by Gasteiger charge is -2.31. The van der Waals surface area contributed by atoms with Gasteiger partial charge in [-0.15, -0.1) is 0 Å². The van der Waals surface area contributed by atoms with Gasteiger partial charge in [-0.05, 0) is 24.6 Å². The molecule has 0 bridgehead atoms. The van der Waals surface area contributed by atoms with Crippen LogP contribution in [-0.4, -0.2) is 50.9 Å². The minimum Gasteiger partial charge on any atom is -0.491 e. The Balaban J connectivity index is 1.87. The van der Waals surface area contributed by atoms with Crippen LogP contribution in [0, 0.1) is 0 Å². The molecule has 1 atom stereocenters. The fourth-order valence-electron chi connectivity index (χ4n) is 2.39. The second-order valence-corrected chi connectivity index (χ2v) is 5.08. The molecular weight excluding hydrogens is 240 g/mol. The normalized spacial score (nSPS) is 20.4. The van der Waals surface area contributed by atoms with Crippen LogP contribution in [0.2, 0.25) is 0 Å². The second kappa shape index (κ2) is 7.48. The summed E-state index contributed by atoms with van der Waals surface area (Å²) in [5.41, 5.74) is 1.31. The molecule has 1 aliphatic rings. The fraction of sp³-hybridized carbons (Fsp3) is 0.600. The molecule has 0 aromatic heterocycles. The maximum atomic E-state index is 5.64. The van der Waals surface area contributed by atoms with Crippen LogP contribution in [0.4, 0.5) is 0 Å². The predicted octanol–water partition coefficient (Wildman–Crippen LogP) is 1.51. The van der Waals surface area contributed by atoms with Crippen molar-refractivity contribution in [1.82, 2.24) is 10.2 Å². The van der Waals surface area contributed by atoms with E-state index in [0.29, 0.717) is 19.3 Å². The summed E-state index contributed by atoms with van der Waals surface area (Å²) >= 11 is 0. The van der Waals surface area contributed by atoms with Gasteiger partial charge in [-0.2, -0.15) is 0 Å². The molecule has 1 saturated heterocycles. The molecule has 1 aromatic carbocycles. The highest BCUT2D eigenvalue weighted by molar-refractivity contribution is 5.28. The van der Waals surface area contributed by atoms with Gasteiger partial charge in [0.2, 0.25) is 0 Å². The van der Waals surface area contributed by atoms with E-state index in [-0.39, 0.29) is 0 Å². The van der Waals surface area contributed by atoms with E-state index < -0.39 is 0 Å². The number of rotatable bonds is 6. The first-order valence-corrected chi connectivity index (χ1v) is 6.94. The number of ether oxygens (including phenoxy) is 2. The van der Waals surface area contributed by atoms with Gasteiger partial charge in [-0.25, -0.2) is 0 Å². The number of piperazine rings is 1. The Labute approximate surface area is 115 Å². The first-order chi connectivity index (χ1) is 9.28. The zero-order valence-electron chi connectivity index (χ0n) is 11.9. The minimum atomic E-state index is 0.579. The smallest absolute Gasteiger partial charge is 0.119 e. The van der Waals surface area contributed by atoms with Crippen LogP contribution in [0.1, 0.15) is 12.5 Å². The van der Waals surface area contributed by atoms with Crippen molar-refractivity contribution in [1.29, 1.82) is 0 Å².